The number of carboxylic acids is 1. The molecule has 0 bridgehead atoms. The molecule has 1 atom stereocenters. The van der Waals surface area contributed by atoms with E-state index in [9.17, 15) is 14.3 Å². The molecule has 0 aliphatic carbocycles. The topological polar surface area (TPSA) is 59.4 Å². The van der Waals surface area contributed by atoms with Crippen molar-refractivity contribution in [2.75, 3.05) is 6.61 Å². The Balaban J connectivity index is 1.58. The van der Waals surface area contributed by atoms with Gasteiger partial charge >= 0.3 is 5.97 Å². The zero-order chi connectivity index (χ0) is 20.4. The number of halogens is 2. The van der Waals surface area contributed by atoms with Gasteiger partial charge in [0.15, 0.2) is 0 Å². The Bertz CT molecular complexity index is 1070. The van der Waals surface area contributed by atoms with E-state index in [1.807, 2.05) is 18.2 Å². The van der Waals surface area contributed by atoms with Crippen molar-refractivity contribution in [2.24, 2.45) is 0 Å². The van der Waals surface area contributed by atoms with Gasteiger partial charge in [-0.25, -0.2) is 9.18 Å². The second kappa shape index (κ2) is 8.21. The molecule has 1 aliphatic heterocycles. The number of aromatic carboxylic acids is 1. The molecule has 0 fully saturated rings. The van der Waals surface area contributed by atoms with Crippen molar-refractivity contribution in [3.05, 3.63) is 82.4 Å². The van der Waals surface area contributed by atoms with Gasteiger partial charge in [0.1, 0.15) is 11.6 Å². The van der Waals surface area contributed by atoms with Gasteiger partial charge in [-0.3, -0.25) is 4.98 Å². The highest BCUT2D eigenvalue weighted by atomic mass is 35.5. The molecule has 0 amide bonds. The van der Waals surface area contributed by atoms with Crippen LogP contribution in [0.5, 0.6) is 5.75 Å². The number of nitrogens with zero attached hydrogens (tertiary/aromatic N) is 1. The summed E-state index contributed by atoms with van der Waals surface area (Å²) in [6.45, 7) is 0.580. The molecule has 0 saturated carbocycles. The van der Waals surface area contributed by atoms with Gasteiger partial charge in [-0.1, -0.05) is 35.9 Å². The highest BCUT2D eigenvalue weighted by Gasteiger charge is 2.23. The second-order valence-electron chi connectivity index (χ2n) is 7.06. The number of aryl methyl sites for hydroxylation is 1. The van der Waals surface area contributed by atoms with Crippen LogP contribution in [0, 0.1) is 5.82 Å². The number of pyridine rings is 1. The van der Waals surface area contributed by atoms with Crippen LogP contribution in [-0.2, 0) is 6.42 Å². The molecular formula is C23H19ClFNO3. The fraction of sp³-hybridized carbons (Fsp3) is 0.217. The Kier molecular flexibility index (Phi) is 5.49. The summed E-state index contributed by atoms with van der Waals surface area (Å²) in [5.41, 5.74) is 3.53. The summed E-state index contributed by atoms with van der Waals surface area (Å²) >= 11 is 6.13. The van der Waals surface area contributed by atoms with Crippen molar-refractivity contribution >= 4 is 17.6 Å². The number of benzene rings is 2. The van der Waals surface area contributed by atoms with Crippen LogP contribution >= 0.6 is 11.6 Å². The fourth-order valence-corrected chi connectivity index (χ4v) is 4.06. The van der Waals surface area contributed by atoms with Crippen LogP contribution in [0.3, 0.4) is 0 Å². The maximum Gasteiger partial charge on any atom is 0.336 e. The largest absolute Gasteiger partial charge is 0.493 e. The van der Waals surface area contributed by atoms with Gasteiger partial charge in [0.05, 0.1) is 17.2 Å². The molecule has 4 rings (SSSR count). The smallest absolute Gasteiger partial charge is 0.336 e. The minimum atomic E-state index is -0.939. The van der Waals surface area contributed by atoms with Gasteiger partial charge in [0.25, 0.3) is 0 Å². The molecule has 6 heteroatoms. The SMILES string of the molecule is O=C(O)c1ccncc1CCC1CCOc2cc(-c3cccc(F)c3Cl)ccc21. The summed E-state index contributed by atoms with van der Waals surface area (Å²) in [4.78, 5) is 15.5. The summed E-state index contributed by atoms with van der Waals surface area (Å²) < 4.78 is 19.7. The highest BCUT2D eigenvalue weighted by Crippen LogP contribution is 2.40. The first kappa shape index (κ1) is 19.4. The van der Waals surface area contributed by atoms with Crippen LogP contribution in [0.15, 0.2) is 54.9 Å². The lowest BCUT2D eigenvalue weighted by Crippen LogP contribution is -2.15. The lowest BCUT2D eigenvalue weighted by molar-refractivity contribution is 0.0695. The normalized spacial score (nSPS) is 15.4. The summed E-state index contributed by atoms with van der Waals surface area (Å²) in [5.74, 6) is -0.376. The maximum absolute atomic E-state index is 13.8. The van der Waals surface area contributed by atoms with Crippen LogP contribution in [0.25, 0.3) is 11.1 Å². The average molecular weight is 412 g/mol. The first-order valence-corrected chi connectivity index (χ1v) is 9.79. The van der Waals surface area contributed by atoms with Crippen LogP contribution in [0.2, 0.25) is 5.02 Å². The minimum absolute atomic E-state index is 0.0950. The zero-order valence-corrected chi connectivity index (χ0v) is 16.3. The first-order chi connectivity index (χ1) is 14.0. The molecule has 3 aromatic rings. The van der Waals surface area contributed by atoms with Crippen molar-refractivity contribution < 1.29 is 19.0 Å². The number of carboxylic acid groups (broad SMARTS) is 1. The van der Waals surface area contributed by atoms with Crippen molar-refractivity contribution in [3.8, 4) is 16.9 Å². The maximum atomic E-state index is 13.8. The van der Waals surface area contributed by atoms with Gasteiger partial charge < -0.3 is 9.84 Å². The summed E-state index contributed by atoms with van der Waals surface area (Å²) in [6, 6.07) is 12.1. The number of hydrogen-bond acceptors (Lipinski definition) is 3. The van der Waals surface area contributed by atoms with E-state index in [1.165, 1.54) is 18.3 Å². The van der Waals surface area contributed by atoms with E-state index in [0.717, 1.165) is 35.3 Å². The molecule has 2 heterocycles. The fourth-order valence-electron chi connectivity index (χ4n) is 3.82. The van der Waals surface area contributed by atoms with Crippen LogP contribution in [0.4, 0.5) is 4.39 Å². The third-order valence-corrected chi connectivity index (χ3v) is 5.72. The lowest BCUT2D eigenvalue weighted by atomic mass is 9.86. The minimum Gasteiger partial charge on any atom is -0.493 e. The van der Waals surface area contributed by atoms with E-state index < -0.39 is 11.8 Å². The monoisotopic (exact) mass is 411 g/mol. The van der Waals surface area contributed by atoms with Gasteiger partial charge in [-0.15, -0.1) is 0 Å². The number of hydrogen-bond donors (Lipinski definition) is 1. The Hall–Kier alpha value is -2.92. The summed E-state index contributed by atoms with van der Waals surface area (Å²) in [6.07, 6.45) is 5.39. The summed E-state index contributed by atoms with van der Waals surface area (Å²) in [5, 5.41) is 9.45. The number of ether oxygens (including phenoxy) is 1. The van der Waals surface area contributed by atoms with Crippen LogP contribution in [-0.4, -0.2) is 22.7 Å². The predicted octanol–water partition coefficient (Wildman–Crippen LogP) is 5.74. The van der Waals surface area contributed by atoms with Crippen LogP contribution < -0.4 is 4.74 Å². The van der Waals surface area contributed by atoms with E-state index in [0.29, 0.717) is 24.2 Å². The molecule has 148 valence electrons. The third kappa shape index (κ3) is 3.96. The van der Waals surface area contributed by atoms with Gasteiger partial charge in [0.2, 0.25) is 0 Å². The highest BCUT2D eigenvalue weighted by molar-refractivity contribution is 6.33. The van der Waals surface area contributed by atoms with Crippen molar-refractivity contribution in [1.29, 1.82) is 0 Å². The Morgan fingerprint density at radius 2 is 2.14 bits per heavy atom. The molecule has 4 nitrogen and oxygen atoms in total. The molecule has 29 heavy (non-hydrogen) atoms. The van der Waals surface area contributed by atoms with E-state index >= 15 is 0 Å². The standard InChI is InChI=1S/C23H19ClFNO3/c24-22-18(2-1-3-20(22)25)15-6-7-17-14(9-11-29-21(17)12-15)4-5-16-13-26-10-8-19(16)23(27)28/h1-3,6-8,10,12-14H,4-5,9,11H2,(H,27,28). The second-order valence-corrected chi connectivity index (χ2v) is 7.44. The first-order valence-electron chi connectivity index (χ1n) is 9.42. The van der Waals surface area contributed by atoms with E-state index in [4.69, 9.17) is 16.3 Å². The van der Waals surface area contributed by atoms with E-state index in [-0.39, 0.29) is 10.9 Å². The molecule has 0 saturated heterocycles. The Labute approximate surface area is 172 Å². The molecule has 1 unspecified atom stereocenters. The number of rotatable bonds is 5. The number of aromatic nitrogens is 1. The van der Waals surface area contributed by atoms with E-state index in [2.05, 4.69) is 4.98 Å². The predicted molar refractivity (Wildman–Crippen MR) is 109 cm³/mol. The third-order valence-electron chi connectivity index (χ3n) is 5.34. The molecule has 0 radical (unpaired) electrons. The quantitative estimate of drug-likeness (QED) is 0.581. The molecule has 0 spiro atoms. The van der Waals surface area contributed by atoms with Gasteiger partial charge in [-0.05, 0) is 60.1 Å². The zero-order valence-electron chi connectivity index (χ0n) is 15.6. The Morgan fingerprint density at radius 1 is 1.28 bits per heavy atom. The van der Waals surface area contributed by atoms with Crippen molar-refractivity contribution in [1.82, 2.24) is 4.98 Å². The number of carbonyl (C=O) groups is 1. The van der Waals surface area contributed by atoms with Crippen molar-refractivity contribution in [3.63, 3.8) is 0 Å². The molecular weight excluding hydrogens is 393 g/mol. The van der Waals surface area contributed by atoms with Gasteiger partial charge in [-0.2, -0.15) is 0 Å². The molecule has 2 aromatic carbocycles. The van der Waals surface area contributed by atoms with Crippen LogP contribution in [0.1, 0.15) is 40.2 Å². The summed E-state index contributed by atoms with van der Waals surface area (Å²) in [7, 11) is 0. The molecule has 1 aromatic heterocycles. The Morgan fingerprint density at radius 3 is 2.97 bits per heavy atom. The van der Waals surface area contributed by atoms with Crippen molar-refractivity contribution in [2.45, 2.75) is 25.2 Å². The average Bonchev–Trinajstić information content (AvgIpc) is 2.74. The van der Waals surface area contributed by atoms with Gasteiger partial charge in [0, 0.05) is 18.0 Å². The van der Waals surface area contributed by atoms with E-state index in [1.54, 1.807) is 18.3 Å². The molecule has 1 N–H and O–H groups in total. The molecule has 1 aliphatic rings. The lowest BCUT2D eigenvalue weighted by Gasteiger charge is -2.27. The number of fused-ring (bicyclic) bond motifs is 1.